The molecule has 4 rings (SSSR count). The lowest BCUT2D eigenvalue weighted by Crippen LogP contribution is -2.44. The molecule has 1 aromatic heterocycles. The van der Waals surface area contributed by atoms with E-state index in [9.17, 15) is 4.79 Å². The summed E-state index contributed by atoms with van der Waals surface area (Å²) in [6.07, 6.45) is 1.80. The van der Waals surface area contributed by atoms with Gasteiger partial charge in [0, 0.05) is 60.2 Å². The van der Waals surface area contributed by atoms with E-state index in [0.717, 1.165) is 48.3 Å². The van der Waals surface area contributed by atoms with Crippen LogP contribution in [-0.2, 0) is 0 Å². The molecule has 0 bridgehead atoms. The molecule has 5 heteroatoms. The molecule has 2 aromatic carbocycles. The second-order valence-corrected chi connectivity index (χ2v) is 6.86. The van der Waals surface area contributed by atoms with Gasteiger partial charge in [-0.05, 0) is 37.4 Å². The van der Waals surface area contributed by atoms with Gasteiger partial charge in [0.2, 0.25) is 0 Å². The third-order valence-corrected chi connectivity index (χ3v) is 5.08. The summed E-state index contributed by atoms with van der Waals surface area (Å²) >= 11 is 0. The lowest BCUT2D eigenvalue weighted by atomic mass is 10.1. The normalized spacial score (nSPS) is 15.3. The van der Waals surface area contributed by atoms with E-state index >= 15 is 0 Å². The number of hydrogen-bond donors (Lipinski definition) is 2. The molecule has 3 aromatic rings. The number of rotatable bonds is 5. The Morgan fingerprint density at radius 1 is 1.04 bits per heavy atom. The van der Waals surface area contributed by atoms with Gasteiger partial charge < -0.3 is 20.1 Å². The first-order valence-corrected chi connectivity index (χ1v) is 9.07. The van der Waals surface area contributed by atoms with E-state index in [1.165, 1.54) is 5.69 Å². The summed E-state index contributed by atoms with van der Waals surface area (Å²) in [5.41, 5.74) is 3.94. The minimum atomic E-state index is 0.0885. The maximum absolute atomic E-state index is 12.5. The highest BCUT2D eigenvalue weighted by molar-refractivity contribution is 6.09. The number of likely N-dealkylation sites (N-methyl/N-ethyl adjacent to an activating group) is 1. The number of aromatic amines is 1. The molecule has 134 valence electrons. The highest BCUT2D eigenvalue weighted by Crippen LogP contribution is 2.21. The number of fused-ring (bicyclic) bond motifs is 1. The molecule has 0 aliphatic carbocycles. The van der Waals surface area contributed by atoms with Crippen LogP contribution < -0.4 is 10.2 Å². The van der Waals surface area contributed by atoms with E-state index < -0.39 is 0 Å². The van der Waals surface area contributed by atoms with Crippen molar-refractivity contribution in [1.82, 2.24) is 9.88 Å². The van der Waals surface area contributed by atoms with Crippen LogP contribution in [0.3, 0.4) is 0 Å². The SMILES string of the molecule is CN1CCN(c2ccc(NCC(=O)c3c[nH]c4ccccc34)cc2)CC1. The Balaban J connectivity index is 1.38. The summed E-state index contributed by atoms with van der Waals surface area (Å²) in [5, 5.41) is 4.22. The van der Waals surface area contributed by atoms with Crippen LogP contribution >= 0.6 is 0 Å². The summed E-state index contributed by atoms with van der Waals surface area (Å²) < 4.78 is 0. The number of ketones is 1. The fourth-order valence-electron chi connectivity index (χ4n) is 3.43. The number of H-pyrrole nitrogens is 1. The van der Waals surface area contributed by atoms with E-state index in [2.05, 4.69) is 51.4 Å². The van der Waals surface area contributed by atoms with Crippen LogP contribution in [0.15, 0.2) is 54.7 Å². The maximum Gasteiger partial charge on any atom is 0.183 e. The molecule has 2 heterocycles. The van der Waals surface area contributed by atoms with Gasteiger partial charge >= 0.3 is 0 Å². The Morgan fingerprint density at radius 2 is 1.77 bits per heavy atom. The monoisotopic (exact) mass is 348 g/mol. The lowest BCUT2D eigenvalue weighted by molar-refractivity contribution is 0.101. The molecule has 2 N–H and O–H groups in total. The molecular weight excluding hydrogens is 324 g/mol. The highest BCUT2D eigenvalue weighted by atomic mass is 16.1. The molecular formula is C21H24N4O. The van der Waals surface area contributed by atoms with Crippen LogP contribution in [0.25, 0.3) is 10.9 Å². The molecule has 5 nitrogen and oxygen atoms in total. The average molecular weight is 348 g/mol. The first kappa shape index (κ1) is 16.7. The number of piperazine rings is 1. The van der Waals surface area contributed by atoms with Crippen molar-refractivity contribution in [2.45, 2.75) is 0 Å². The van der Waals surface area contributed by atoms with Crippen LogP contribution in [0, 0.1) is 0 Å². The number of para-hydroxylation sites is 1. The minimum Gasteiger partial charge on any atom is -0.378 e. The van der Waals surface area contributed by atoms with E-state index in [0.29, 0.717) is 0 Å². The first-order valence-electron chi connectivity index (χ1n) is 9.07. The van der Waals surface area contributed by atoms with E-state index in [-0.39, 0.29) is 12.3 Å². The second kappa shape index (κ2) is 7.22. The summed E-state index contributed by atoms with van der Waals surface area (Å²) in [5.74, 6) is 0.0885. The van der Waals surface area contributed by atoms with Gasteiger partial charge in [-0.3, -0.25) is 4.79 Å². The molecule has 26 heavy (non-hydrogen) atoms. The topological polar surface area (TPSA) is 51.4 Å². The van der Waals surface area contributed by atoms with E-state index in [4.69, 9.17) is 0 Å². The molecule has 0 atom stereocenters. The highest BCUT2D eigenvalue weighted by Gasteiger charge is 2.14. The van der Waals surface area contributed by atoms with Crippen molar-refractivity contribution >= 4 is 28.1 Å². The number of hydrogen-bond acceptors (Lipinski definition) is 4. The van der Waals surface area contributed by atoms with Gasteiger partial charge in [0.15, 0.2) is 5.78 Å². The van der Waals surface area contributed by atoms with Gasteiger partial charge in [0.25, 0.3) is 0 Å². The van der Waals surface area contributed by atoms with Crippen molar-refractivity contribution in [2.24, 2.45) is 0 Å². The van der Waals surface area contributed by atoms with Gasteiger partial charge in [0.05, 0.1) is 6.54 Å². The zero-order chi connectivity index (χ0) is 17.9. The summed E-state index contributed by atoms with van der Waals surface area (Å²) in [4.78, 5) is 20.5. The lowest BCUT2D eigenvalue weighted by Gasteiger charge is -2.34. The first-order chi connectivity index (χ1) is 12.7. The standard InChI is InChI=1S/C21H24N4O/c1-24-10-12-25(13-11-24)17-8-6-16(7-9-17)22-15-21(26)19-14-23-20-5-3-2-4-18(19)20/h2-9,14,22-23H,10-13,15H2,1H3. The van der Waals surface area contributed by atoms with Gasteiger partial charge in [0.1, 0.15) is 0 Å². The van der Waals surface area contributed by atoms with Gasteiger partial charge in [-0.2, -0.15) is 0 Å². The molecule has 1 aliphatic rings. The molecule has 1 saturated heterocycles. The minimum absolute atomic E-state index is 0.0885. The quantitative estimate of drug-likeness (QED) is 0.695. The molecule has 0 radical (unpaired) electrons. The molecule has 0 saturated carbocycles. The fraction of sp³-hybridized carbons (Fsp3) is 0.286. The molecule has 0 spiro atoms. The Kier molecular flexibility index (Phi) is 4.63. The van der Waals surface area contributed by atoms with E-state index in [1.54, 1.807) is 6.20 Å². The molecule has 0 amide bonds. The van der Waals surface area contributed by atoms with Crippen LogP contribution in [0.1, 0.15) is 10.4 Å². The molecule has 1 aliphatic heterocycles. The number of carbonyl (C=O) groups is 1. The van der Waals surface area contributed by atoms with Crippen LogP contribution in [-0.4, -0.2) is 55.4 Å². The third-order valence-electron chi connectivity index (χ3n) is 5.08. The van der Waals surface area contributed by atoms with Gasteiger partial charge in [-0.15, -0.1) is 0 Å². The number of Topliss-reactive ketones (excluding diaryl/α,β-unsaturated/α-hetero) is 1. The summed E-state index contributed by atoms with van der Waals surface area (Å²) in [7, 11) is 2.16. The van der Waals surface area contributed by atoms with Crippen LogP contribution in [0.4, 0.5) is 11.4 Å². The van der Waals surface area contributed by atoms with Crippen molar-refractivity contribution in [2.75, 3.05) is 50.0 Å². The Labute approximate surface area is 153 Å². The van der Waals surface area contributed by atoms with Crippen LogP contribution in [0.5, 0.6) is 0 Å². The van der Waals surface area contributed by atoms with Crippen molar-refractivity contribution < 1.29 is 4.79 Å². The van der Waals surface area contributed by atoms with Crippen molar-refractivity contribution in [3.8, 4) is 0 Å². The number of carbonyl (C=O) groups excluding carboxylic acids is 1. The molecule has 1 fully saturated rings. The predicted molar refractivity (Wildman–Crippen MR) is 107 cm³/mol. The number of anilines is 2. The fourth-order valence-corrected chi connectivity index (χ4v) is 3.43. The molecule has 0 unspecified atom stereocenters. The van der Waals surface area contributed by atoms with Crippen molar-refractivity contribution in [3.63, 3.8) is 0 Å². The van der Waals surface area contributed by atoms with Crippen molar-refractivity contribution in [1.29, 1.82) is 0 Å². The smallest absolute Gasteiger partial charge is 0.183 e. The summed E-state index contributed by atoms with van der Waals surface area (Å²) in [6, 6.07) is 16.2. The number of benzene rings is 2. The zero-order valence-corrected chi connectivity index (χ0v) is 15.0. The largest absolute Gasteiger partial charge is 0.378 e. The van der Waals surface area contributed by atoms with Crippen molar-refractivity contribution in [3.05, 3.63) is 60.3 Å². The second-order valence-electron chi connectivity index (χ2n) is 6.86. The number of aromatic nitrogens is 1. The van der Waals surface area contributed by atoms with Gasteiger partial charge in [-0.1, -0.05) is 18.2 Å². The predicted octanol–water partition coefficient (Wildman–Crippen LogP) is 3.21. The zero-order valence-electron chi connectivity index (χ0n) is 15.0. The number of nitrogens with one attached hydrogen (secondary N) is 2. The average Bonchev–Trinajstić information content (AvgIpc) is 3.11. The Morgan fingerprint density at radius 3 is 2.54 bits per heavy atom. The maximum atomic E-state index is 12.5. The van der Waals surface area contributed by atoms with Gasteiger partial charge in [-0.25, -0.2) is 0 Å². The van der Waals surface area contributed by atoms with Crippen LogP contribution in [0.2, 0.25) is 0 Å². The number of nitrogens with zero attached hydrogens (tertiary/aromatic N) is 2. The van der Waals surface area contributed by atoms with E-state index in [1.807, 2.05) is 24.3 Å². The Bertz CT molecular complexity index is 892. The Hall–Kier alpha value is -2.79. The third kappa shape index (κ3) is 3.44. The summed E-state index contributed by atoms with van der Waals surface area (Å²) in [6.45, 7) is 4.60.